The third-order valence-corrected chi connectivity index (χ3v) is 6.62. The summed E-state index contributed by atoms with van der Waals surface area (Å²) in [5.74, 6) is 1.47. The van der Waals surface area contributed by atoms with Crippen molar-refractivity contribution in [2.75, 3.05) is 19.8 Å². The zero-order chi connectivity index (χ0) is 23.8. The van der Waals surface area contributed by atoms with Gasteiger partial charge in [0.05, 0.1) is 19.8 Å². The molecule has 0 bridgehead atoms. The van der Waals surface area contributed by atoms with Gasteiger partial charge < -0.3 is 14.2 Å². The van der Waals surface area contributed by atoms with Crippen molar-refractivity contribution in [1.29, 1.82) is 0 Å². The maximum absolute atomic E-state index is 6.06. The molecule has 2 aromatic carbocycles. The number of hydrogen-bond acceptors (Lipinski definition) is 3. The number of ether oxygens (including phenoxy) is 3. The van der Waals surface area contributed by atoms with Gasteiger partial charge in [0.25, 0.3) is 0 Å². The smallest absolute Gasteiger partial charge is 0.183 e. The molecule has 0 saturated carbocycles. The van der Waals surface area contributed by atoms with E-state index in [0.717, 1.165) is 44.0 Å². The lowest BCUT2D eigenvalue weighted by atomic mass is 10.0. The summed E-state index contributed by atoms with van der Waals surface area (Å²) < 4.78 is 18.0. The summed E-state index contributed by atoms with van der Waals surface area (Å²) in [6.07, 6.45) is 15.6. The minimum absolute atomic E-state index is 0.239. The van der Waals surface area contributed by atoms with E-state index >= 15 is 0 Å². The van der Waals surface area contributed by atoms with Crippen LogP contribution in [-0.2, 0) is 9.47 Å². The molecule has 0 radical (unpaired) electrons. The maximum atomic E-state index is 6.06. The Morgan fingerprint density at radius 2 is 1.41 bits per heavy atom. The lowest BCUT2D eigenvalue weighted by Crippen LogP contribution is -2.27. The van der Waals surface area contributed by atoms with E-state index in [0.29, 0.717) is 5.92 Å². The fourth-order valence-corrected chi connectivity index (χ4v) is 4.45. The molecule has 0 aromatic heterocycles. The molecule has 186 valence electrons. The van der Waals surface area contributed by atoms with E-state index in [1.165, 1.54) is 68.9 Å². The molecule has 3 nitrogen and oxygen atoms in total. The third-order valence-electron chi connectivity index (χ3n) is 6.62. The number of allylic oxidation sites excluding steroid dienone is 1. The van der Waals surface area contributed by atoms with Gasteiger partial charge in [0.2, 0.25) is 0 Å². The Hall–Kier alpha value is -2.10. The zero-order valence-electron chi connectivity index (χ0n) is 21.2. The molecule has 0 unspecified atom stereocenters. The van der Waals surface area contributed by atoms with Crippen LogP contribution in [0.3, 0.4) is 0 Å². The predicted molar refractivity (Wildman–Crippen MR) is 142 cm³/mol. The van der Waals surface area contributed by atoms with Crippen LogP contribution in [0.15, 0.2) is 61.2 Å². The van der Waals surface area contributed by atoms with Crippen LogP contribution in [0.5, 0.6) is 5.75 Å². The molecule has 0 spiro atoms. The first-order chi connectivity index (χ1) is 16.8. The molecule has 3 rings (SSSR count). The van der Waals surface area contributed by atoms with Crippen molar-refractivity contribution in [3.8, 4) is 16.9 Å². The zero-order valence-corrected chi connectivity index (χ0v) is 21.2. The second-order valence-electron chi connectivity index (χ2n) is 9.55. The maximum Gasteiger partial charge on any atom is 0.183 e. The van der Waals surface area contributed by atoms with E-state index < -0.39 is 0 Å². The fraction of sp³-hybridized carbons (Fsp3) is 0.548. The van der Waals surface area contributed by atoms with Crippen LogP contribution in [0.2, 0.25) is 0 Å². The van der Waals surface area contributed by atoms with E-state index in [2.05, 4.69) is 62.0 Å². The van der Waals surface area contributed by atoms with Crippen LogP contribution in [0.25, 0.3) is 11.1 Å². The molecule has 0 N–H and O–H groups in total. The lowest BCUT2D eigenvalue weighted by molar-refractivity contribution is -0.206. The quantitative estimate of drug-likeness (QED) is 0.183. The molecule has 2 aromatic rings. The molecule has 1 saturated heterocycles. The van der Waals surface area contributed by atoms with Crippen LogP contribution >= 0.6 is 0 Å². The van der Waals surface area contributed by atoms with Crippen molar-refractivity contribution in [3.05, 3.63) is 66.7 Å². The van der Waals surface area contributed by atoms with Gasteiger partial charge in [0.15, 0.2) is 6.29 Å². The Balaban J connectivity index is 1.37. The Labute approximate surface area is 207 Å². The van der Waals surface area contributed by atoms with E-state index in [1.54, 1.807) is 0 Å². The summed E-state index contributed by atoms with van der Waals surface area (Å²) >= 11 is 0. The first-order valence-corrected chi connectivity index (χ1v) is 13.5. The van der Waals surface area contributed by atoms with E-state index in [9.17, 15) is 0 Å². The molecule has 0 aliphatic carbocycles. The largest absolute Gasteiger partial charge is 0.494 e. The standard InChI is InChI=1S/C31H44O3/c1-3-5-7-9-10-12-14-26-24-33-31(34-25-26)29-17-15-27(16-18-29)28-19-21-30(22-20-28)32-23-13-11-8-6-4-2/h4,15-22,26,31H,2-3,5-14,23-25H2,1H3/t26-,31-. The van der Waals surface area contributed by atoms with Gasteiger partial charge in [-0.2, -0.15) is 0 Å². The number of rotatable bonds is 16. The molecule has 1 aliphatic rings. The highest BCUT2D eigenvalue weighted by Crippen LogP contribution is 2.30. The fourth-order valence-electron chi connectivity index (χ4n) is 4.45. The molecule has 1 fully saturated rings. The molecular weight excluding hydrogens is 420 g/mol. The van der Waals surface area contributed by atoms with Gasteiger partial charge in [0.1, 0.15) is 5.75 Å². The molecule has 34 heavy (non-hydrogen) atoms. The average molecular weight is 465 g/mol. The topological polar surface area (TPSA) is 27.7 Å². The van der Waals surface area contributed by atoms with Gasteiger partial charge in [-0.05, 0) is 55.4 Å². The van der Waals surface area contributed by atoms with Gasteiger partial charge >= 0.3 is 0 Å². The Bertz CT molecular complexity index is 788. The highest BCUT2D eigenvalue weighted by Gasteiger charge is 2.23. The van der Waals surface area contributed by atoms with Crippen LogP contribution in [-0.4, -0.2) is 19.8 Å². The van der Waals surface area contributed by atoms with Crippen LogP contribution in [0, 0.1) is 5.92 Å². The second-order valence-corrected chi connectivity index (χ2v) is 9.55. The van der Waals surface area contributed by atoms with Crippen molar-refractivity contribution < 1.29 is 14.2 Å². The van der Waals surface area contributed by atoms with Crippen molar-refractivity contribution in [2.45, 2.75) is 83.8 Å². The van der Waals surface area contributed by atoms with Crippen molar-refractivity contribution in [2.24, 2.45) is 5.92 Å². The van der Waals surface area contributed by atoms with Crippen LogP contribution in [0.4, 0.5) is 0 Å². The Morgan fingerprint density at radius 3 is 2.09 bits per heavy atom. The van der Waals surface area contributed by atoms with Gasteiger partial charge in [0, 0.05) is 11.5 Å². The predicted octanol–water partition coefficient (Wildman–Crippen LogP) is 8.89. The first kappa shape index (κ1) is 26.5. The summed E-state index contributed by atoms with van der Waals surface area (Å²) in [6, 6.07) is 16.9. The van der Waals surface area contributed by atoms with Gasteiger partial charge in [-0.25, -0.2) is 0 Å². The summed E-state index contributed by atoms with van der Waals surface area (Å²) in [4.78, 5) is 0. The molecule has 1 heterocycles. The molecule has 1 aliphatic heterocycles. The summed E-state index contributed by atoms with van der Waals surface area (Å²) in [5.41, 5.74) is 3.48. The number of benzene rings is 2. The molecule has 0 atom stereocenters. The van der Waals surface area contributed by atoms with Crippen LogP contribution < -0.4 is 4.74 Å². The summed E-state index contributed by atoms with van der Waals surface area (Å²) in [7, 11) is 0. The molecular formula is C31H44O3. The number of hydrogen-bond donors (Lipinski definition) is 0. The van der Waals surface area contributed by atoms with Gasteiger partial charge in [-0.1, -0.05) is 87.9 Å². The SMILES string of the molecule is C=CCCCCCOc1ccc(-c2ccc([C@H]3OC[C@H](CCCCCCCC)CO3)cc2)cc1. The highest BCUT2D eigenvalue weighted by molar-refractivity contribution is 5.64. The Morgan fingerprint density at radius 1 is 0.794 bits per heavy atom. The molecule has 3 heteroatoms. The van der Waals surface area contributed by atoms with Crippen molar-refractivity contribution >= 4 is 0 Å². The van der Waals surface area contributed by atoms with E-state index in [-0.39, 0.29) is 6.29 Å². The second kappa shape index (κ2) is 15.7. The monoisotopic (exact) mass is 464 g/mol. The highest BCUT2D eigenvalue weighted by atomic mass is 16.7. The van der Waals surface area contributed by atoms with Crippen molar-refractivity contribution in [3.63, 3.8) is 0 Å². The van der Waals surface area contributed by atoms with Gasteiger partial charge in [-0.3, -0.25) is 0 Å². The van der Waals surface area contributed by atoms with E-state index in [1.807, 2.05) is 6.08 Å². The third kappa shape index (κ3) is 9.27. The summed E-state index contributed by atoms with van der Waals surface area (Å²) in [5, 5.41) is 0. The van der Waals surface area contributed by atoms with Crippen LogP contribution in [0.1, 0.15) is 89.4 Å². The average Bonchev–Trinajstić information content (AvgIpc) is 2.89. The minimum atomic E-state index is -0.239. The summed E-state index contributed by atoms with van der Waals surface area (Å²) in [6.45, 7) is 8.41. The molecule has 0 amide bonds. The van der Waals surface area contributed by atoms with Gasteiger partial charge in [-0.15, -0.1) is 6.58 Å². The first-order valence-electron chi connectivity index (χ1n) is 13.5. The van der Waals surface area contributed by atoms with E-state index in [4.69, 9.17) is 14.2 Å². The lowest BCUT2D eigenvalue weighted by Gasteiger charge is -2.29. The van der Waals surface area contributed by atoms with Crippen molar-refractivity contribution in [1.82, 2.24) is 0 Å². The normalized spacial score (nSPS) is 18.0. The minimum Gasteiger partial charge on any atom is -0.494 e. The Kier molecular flexibility index (Phi) is 12.3. The number of unbranched alkanes of at least 4 members (excludes halogenated alkanes) is 8.